The Hall–Kier alpha value is -1.43. The summed E-state index contributed by atoms with van der Waals surface area (Å²) in [6, 6.07) is 0.265. The maximum absolute atomic E-state index is 13.0. The van der Waals surface area contributed by atoms with Gasteiger partial charge in [-0.2, -0.15) is 5.10 Å². The predicted octanol–water partition coefficient (Wildman–Crippen LogP) is 2.32. The van der Waals surface area contributed by atoms with Crippen molar-refractivity contribution in [2.24, 2.45) is 0 Å². The van der Waals surface area contributed by atoms with Gasteiger partial charge in [0.1, 0.15) is 11.6 Å². The van der Waals surface area contributed by atoms with Gasteiger partial charge in [0, 0.05) is 13.1 Å². The SMILES string of the molecule is Cc1nc(C)n([C@@H]2CCCN(C(=O)[C@H](C)N3CCCCCC3)C2)n1. The third-order valence-electron chi connectivity index (χ3n) is 5.51. The molecule has 2 aliphatic heterocycles. The van der Waals surface area contributed by atoms with Crippen molar-refractivity contribution < 1.29 is 4.79 Å². The molecule has 24 heavy (non-hydrogen) atoms. The molecule has 1 amide bonds. The first-order valence-electron chi connectivity index (χ1n) is 9.49. The van der Waals surface area contributed by atoms with Gasteiger partial charge in [-0.3, -0.25) is 9.69 Å². The van der Waals surface area contributed by atoms with Crippen LogP contribution in [0, 0.1) is 13.8 Å². The van der Waals surface area contributed by atoms with Gasteiger partial charge in [0.05, 0.1) is 12.1 Å². The van der Waals surface area contributed by atoms with E-state index in [4.69, 9.17) is 0 Å². The average Bonchev–Trinajstić information content (AvgIpc) is 2.80. The highest BCUT2D eigenvalue weighted by atomic mass is 16.2. The molecule has 0 radical (unpaired) electrons. The van der Waals surface area contributed by atoms with Crippen LogP contribution in [0.1, 0.15) is 63.1 Å². The van der Waals surface area contributed by atoms with Crippen LogP contribution in [0.15, 0.2) is 0 Å². The standard InChI is InChI=1S/C18H31N5O/c1-14(21-10-6-4-5-7-11-21)18(24)22-12-8-9-17(13-22)23-16(3)19-15(2)20-23/h14,17H,4-13H2,1-3H3/t14-,17+/m0/s1. The van der Waals surface area contributed by atoms with E-state index in [1.807, 2.05) is 18.5 Å². The largest absolute Gasteiger partial charge is 0.339 e. The quantitative estimate of drug-likeness (QED) is 0.852. The zero-order valence-electron chi connectivity index (χ0n) is 15.4. The number of likely N-dealkylation sites (tertiary alicyclic amines) is 2. The normalized spacial score (nSPS) is 24.6. The van der Waals surface area contributed by atoms with Gasteiger partial charge >= 0.3 is 0 Å². The summed E-state index contributed by atoms with van der Waals surface area (Å²) in [6.07, 6.45) is 7.16. The molecule has 2 atom stereocenters. The first-order chi connectivity index (χ1) is 11.6. The Kier molecular flexibility index (Phi) is 5.54. The van der Waals surface area contributed by atoms with Crippen LogP contribution in [0.2, 0.25) is 0 Å². The number of hydrogen-bond donors (Lipinski definition) is 0. The van der Waals surface area contributed by atoms with Crippen molar-refractivity contribution in [2.75, 3.05) is 26.2 Å². The van der Waals surface area contributed by atoms with Crippen LogP contribution in [0.3, 0.4) is 0 Å². The highest BCUT2D eigenvalue weighted by molar-refractivity contribution is 5.81. The third kappa shape index (κ3) is 3.79. The first kappa shape index (κ1) is 17.4. The number of aryl methyl sites for hydroxylation is 2. The molecule has 0 saturated carbocycles. The summed E-state index contributed by atoms with van der Waals surface area (Å²) in [5, 5.41) is 4.53. The number of rotatable bonds is 3. The molecule has 2 aliphatic rings. The van der Waals surface area contributed by atoms with Crippen LogP contribution < -0.4 is 0 Å². The lowest BCUT2D eigenvalue weighted by Gasteiger charge is -2.37. The van der Waals surface area contributed by atoms with Gasteiger partial charge in [-0.05, 0) is 59.5 Å². The third-order valence-corrected chi connectivity index (χ3v) is 5.51. The highest BCUT2D eigenvalue weighted by Gasteiger charge is 2.31. The Morgan fingerprint density at radius 1 is 1.08 bits per heavy atom. The van der Waals surface area contributed by atoms with Crippen molar-refractivity contribution in [3.8, 4) is 0 Å². The minimum atomic E-state index is 0.000398. The van der Waals surface area contributed by atoms with Crippen molar-refractivity contribution in [2.45, 2.75) is 71.4 Å². The summed E-state index contributed by atoms with van der Waals surface area (Å²) in [5.74, 6) is 2.05. The molecule has 0 unspecified atom stereocenters. The Bertz CT molecular complexity index is 562. The number of carbonyl (C=O) groups is 1. The topological polar surface area (TPSA) is 54.3 Å². The Labute approximate surface area is 145 Å². The molecular formula is C18H31N5O. The van der Waals surface area contributed by atoms with E-state index in [-0.39, 0.29) is 18.0 Å². The van der Waals surface area contributed by atoms with Gasteiger partial charge in [-0.25, -0.2) is 9.67 Å². The number of amides is 1. The number of aromatic nitrogens is 3. The molecule has 1 aromatic rings. The molecule has 6 heteroatoms. The lowest BCUT2D eigenvalue weighted by molar-refractivity contribution is -0.138. The second-order valence-electron chi connectivity index (χ2n) is 7.36. The summed E-state index contributed by atoms with van der Waals surface area (Å²) < 4.78 is 2.02. The van der Waals surface area contributed by atoms with Gasteiger partial charge in [-0.15, -0.1) is 0 Å². The number of nitrogens with zero attached hydrogens (tertiary/aromatic N) is 5. The molecule has 2 fully saturated rings. The summed E-state index contributed by atoms with van der Waals surface area (Å²) in [6.45, 7) is 9.78. The van der Waals surface area contributed by atoms with E-state index >= 15 is 0 Å². The molecule has 0 aliphatic carbocycles. The zero-order chi connectivity index (χ0) is 17.1. The molecular weight excluding hydrogens is 302 g/mol. The van der Waals surface area contributed by atoms with E-state index in [0.717, 1.165) is 50.7 Å². The van der Waals surface area contributed by atoms with E-state index < -0.39 is 0 Å². The van der Waals surface area contributed by atoms with Crippen LogP contribution in [0.4, 0.5) is 0 Å². The van der Waals surface area contributed by atoms with Gasteiger partial charge < -0.3 is 4.90 Å². The molecule has 134 valence electrons. The number of carbonyl (C=O) groups excluding carboxylic acids is 1. The van der Waals surface area contributed by atoms with Crippen LogP contribution >= 0.6 is 0 Å². The maximum Gasteiger partial charge on any atom is 0.239 e. The summed E-state index contributed by atoms with van der Waals surface area (Å²) in [4.78, 5) is 21.9. The zero-order valence-corrected chi connectivity index (χ0v) is 15.4. The van der Waals surface area contributed by atoms with Crippen molar-refractivity contribution >= 4 is 5.91 Å². The van der Waals surface area contributed by atoms with E-state index in [9.17, 15) is 4.79 Å². The predicted molar refractivity (Wildman–Crippen MR) is 93.9 cm³/mol. The monoisotopic (exact) mass is 333 g/mol. The Morgan fingerprint density at radius 2 is 1.79 bits per heavy atom. The maximum atomic E-state index is 13.0. The molecule has 3 rings (SSSR count). The van der Waals surface area contributed by atoms with E-state index in [1.165, 1.54) is 25.7 Å². The minimum absolute atomic E-state index is 0.000398. The molecule has 0 spiro atoms. The molecule has 1 aromatic heterocycles. The van der Waals surface area contributed by atoms with Crippen molar-refractivity contribution in [3.05, 3.63) is 11.6 Å². The Morgan fingerprint density at radius 3 is 2.42 bits per heavy atom. The van der Waals surface area contributed by atoms with E-state index in [2.05, 4.69) is 26.8 Å². The van der Waals surface area contributed by atoms with Crippen molar-refractivity contribution in [3.63, 3.8) is 0 Å². The molecule has 0 bridgehead atoms. The van der Waals surface area contributed by atoms with Crippen LogP contribution in [-0.2, 0) is 4.79 Å². The van der Waals surface area contributed by atoms with Crippen molar-refractivity contribution in [1.29, 1.82) is 0 Å². The van der Waals surface area contributed by atoms with E-state index in [0.29, 0.717) is 0 Å². The molecule has 2 saturated heterocycles. The fourth-order valence-electron chi connectivity index (χ4n) is 4.14. The average molecular weight is 333 g/mol. The molecule has 0 N–H and O–H groups in total. The highest BCUT2D eigenvalue weighted by Crippen LogP contribution is 2.23. The van der Waals surface area contributed by atoms with Crippen molar-refractivity contribution in [1.82, 2.24) is 24.6 Å². The number of piperidine rings is 1. The van der Waals surface area contributed by atoms with Gasteiger partial charge in [0.2, 0.25) is 5.91 Å². The first-order valence-corrected chi connectivity index (χ1v) is 9.49. The van der Waals surface area contributed by atoms with Crippen LogP contribution in [0.25, 0.3) is 0 Å². The molecule has 6 nitrogen and oxygen atoms in total. The second-order valence-corrected chi connectivity index (χ2v) is 7.36. The fourth-order valence-corrected chi connectivity index (χ4v) is 4.14. The molecule has 0 aromatic carbocycles. The van der Waals surface area contributed by atoms with Gasteiger partial charge in [0.15, 0.2) is 0 Å². The van der Waals surface area contributed by atoms with Gasteiger partial charge in [0.25, 0.3) is 0 Å². The lowest BCUT2D eigenvalue weighted by atomic mass is 10.0. The van der Waals surface area contributed by atoms with Gasteiger partial charge in [-0.1, -0.05) is 12.8 Å². The smallest absolute Gasteiger partial charge is 0.239 e. The lowest BCUT2D eigenvalue weighted by Crippen LogP contribution is -2.50. The summed E-state index contributed by atoms with van der Waals surface area (Å²) in [7, 11) is 0. The fraction of sp³-hybridized carbons (Fsp3) is 0.833. The van der Waals surface area contributed by atoms with E-state index in [1.54, 1.807) is 0 Å². The minimum Gasteiger partial charge on any atom is -0.339 e. The summed E-state index contributed by atoms with van der Waals surface area (Å²) >= 11 is 0. The number of hydrogen-bond acceptors (Lipinski definition) is 4. The summed E-state index contributed by atoms with van der Waals surface area (Å²) in [5.41, 5.74) is 0. The second kappa shape index (κ2) is 7.64. The van der Waals surface area contributed by atoms with Crippen LogP contribution in [-0.4, -0.2) is 62.7 Å². The molecule has 3 heterocycles. The Balaban J connectivity index is 1.65. The van der Waals surface area contributed by atoms with Crippen LogP contribution in [0.5, 0.6) is 0 Å².